The second kappa shape index (κ2) is 6.37. The van der Waals surface area contributed by atoms with E-state index in [1.807, 2.05) is 0 Å². The van der Waals surface area contributed by atoms with Crippen molar-refractivity contribution in [1.29, 1.82) is 0 Å². The number of rotatable bonds is 1. The van der Waals surface area contributed by atoms with Gasteiger partial charge < -0.3 is 0 Å². The molecule has 0 heteroatoms. The lowest BCUT2D eigenvalue weighted by atomic mass is 9.34. The summed E-state index contributed by atoms with van der Waals surface area (Å²) in [6, 6.07) is 7.52. The van der Waals surface area contributed by atoms with Crippen molar-refractivity contribution >= 4 is 0 Å². The Morgan fingerprint density at radius 2 is 1.62 bits per heavy atom. The SMILES string of the molecule is CCc1ccc2c(c1)CC[C@]1(C)[C@@H]2CC[C@@H]2[C@@]3(C)CCCC(C)(C)[C@@H]3CC[C@]21C. The van der Waals surface area contributed by atoms with E-state index in [0.29, 0.717) is 21.7 Å². The zero-order chi connectivity index (χ0) is 20.7. The maximum Gasteiger partial charge on any atom is -0.00997 e. The fourth-order valence-electron chi connectivity index (χ4n) is 9.82. The first-order chi connectivity index (χ1) is 13.7. The van der Waals surface area contributed by atoms with E-state index in [0.717, 1.165) is 17.8 Å². The monoisotopic (exact) mass is 392 g/mol. The van der Waals surface area contributed by atoms with Crippen molar-refractivity contribution in [2.75, 3.05) is 0 Å². The van der Waals surface area contributed by atoms with Gasteiger partial charge in [-0.15, -0.1) is 0 Å². The van der Waals surface area contributed by atoms with E-state index in [2.05, 4.69) is 59.7 Å². The minimum Gasteiger partial charge on any atom is -0.0613 e. The minimum atomic E-state index is 0.478. The molecule has 5 rings (SSSR count). The van der Waals surface area contributed by atoms with Crippen LogP contribution in [0.15, 0.2) is 18.2 Å². The van der Waals surface area contributed by atoms with Crippen LogP contribution >= 0.6 is 0 Å². The van der Waals surface area contributed by atoms with Crippen molar-refractivity contribution in [3.63, 3.8) is 0 Å². The summed E-state index contributed by atoms with van der Waals surface area (Å²) in [5.74, 6) is 2.64. The Bertz CT molecular complexity index is 802. The Morgan fingerprint density at radius 3 is 2.38 bits per heavy atom. The molecule has 0 saturated heterocycles. The highest BCUT2D eigenvalue weighted by Gasteiger charge is 2.66. The molecule has 160 valence electrons. The average molecular weight is 393 g/mol. The van der Waals surface area contributed by atoms with Crippen LogP contribution in [0.5, 0.6) is 0 Å². The lowest BCUT2D eigenvalue weighted by Crippen LogP contribution is -2.62. The number of fused-ring (bicyclic) bond motifs is 7. The van der Waals surface area contributed by atoms with Crippen molar-refractivity contribution in [2.45, 2.75) is 112 Å². The van der Waals surface area contributed by atoms with Crippen LogP contribution in [-0.2, 0) is 12.8 Å². The van der Waals surface area contributed by atoms with Gasteiger partial charge in [0.2, 0.25) is 0 Å². The van der Waals surface area contributed by atoms with Gasteiger partial charge >= 0.3 is 0 Å². The predicted octanol–water partition coefficient (Wildman–Crippen LogP) is 8.33. The maximum atomic E-state index is 2.75. The van der Waals surface area contributed by atoms with Crippen molar-refractivity contribution < 1.29 is 0 Å². The van der Waals surface area contributed by atoms with Crippen LogP contribution in [0.4, 0.5) is 0 Å². The van der Waals surface area contributed by atoms with E-state index >= 15 is 0 Å². The zero-order valence-electron chi connectivity index (χ0n) is 20.0. The van der Waals surface area contributed by atoms with Crippen molar-refractivity contribution in [2.24, 2.45) is 33.5 Å². The van der Waals surface area contributed by atoms with E-state index in [4.69, 9.17) is 0 Å². The summed E-state index contributed by atoms with van der Waals surface area (Å²) in [5, 5.41) is 0. The third-order valence-electron chi connectivity index (χ3n) is 11.5. The number of aryl methyl sites for hydroxylation is 2. The average Bonchev–Trinajstić information content (AvgIpc) is 2.67. The molecule has 1 aromatic rings. The Hall–Kier alpha value is -0.780. The molecule has 1 aromatic carbocycles. The Balaban J connectivity index is 1.55. The van der Waals surface area contributed by atoms with Gasteiger partial charge in [0.25, 0.3) is 0 Å². The van der Waals surface area contributed by atoms with Gasteiger partial charge in [0, 0.05) is 0 Å². The van der Waals surface area contributed by atoms with Gasteiger partial charge in [0.15, 0.2) is 0 Å². The van der Waals surface area contributed by atoms with E-state index in [-0.39, 0.29) is 0 Å². The molecule has 0 aromatic heterocycles. The van der Waals surface area contributed by atoms with Gasteiger partial charge in [0.1, 0.15) is 0 Å². The number of benzene rings is 1. The summed E-state index contributed by atoms with van der Waals surface area (Å²) >= 11 is 0. The molecule has 0 radical (unpaired) electrons. The third-order valence-corrected chi connectivity index (χ3v) is 11.5. The molecule has 0 amide bonds. The first-order valence-corrected chi connectivity index (χ1v) is 12.8. The van der Waals surface area contributed by atoms with E-state index < -0.39 is 0 Å². The molecule has 4 aliphatic carbocycles. The fraction of sp³-hybridized carbons (Fsp3) is 0.793. The van der Waals surface area contributed by atoms with Gasteiger partial charge in [-0.05, 0) is 114 Å². The van der Waals surface area contributed by atoms with Gasteiger partial charge in [-0.3, -0.25) is 0 Å². The van der Waals surface area contributed by atoms with Gasteiger partial charge in [-0.1, -0.05) is 66.2 Å². The van der Waals surface area contributed by atoms with Crippen LogP contribution in [0.3, 0.4) is 0 Å². The number of hydrogen-bond acceptors (Lipinski definition) is 0. The normalized spacial score (nSPS) is 45.5. The second-order valence-electron chi connectivity index (χ2n) is 12.8. The Kier molecular flexibility index (Phi) is 4.42. The van der Waals surface area contributed by atoms with Gasteiger partial charge in [0.05, 0.1) is 0 Å². The summed E-state index contributed by atoms with van der Waals surface area (Å²) in [6.45, 7) is 15.7. The molecule has 0 nitrogen and oxygen atoms in total. The van der Waals surface area contributed by atoms with Crippen LogP contribution in [0.1, 0.15) is 116 Å². The van der Waals surface area contributed by atoms with Crippen LogP contribution in [0.2, 0.25) is 0 Å². The smallest absolute Gasteiger partial charge is 0.00997 e. The van der Waals surface area contributed by atoms with Crippen molar-refractivity contribution in [3.8, 4) is 0 Å². The van der Waals surface area contributed by atoms with E-state index in [1.165, 1.54) is 69.8 Å². The molecule has 0 unspecified atom stereocenters. The highest BCUT2D eigenvalue weighted by molar-refractivity contribution is 5.40. The lowest BCUT2D eigenvalue weighted by molar-refractivity contribution is -0.199. The first kappa shape index (κ1) is 20.1. The molecule has 3 saturated carbocycles. The maximum absolute atomic E-state index is 2.75. The molecule has 6 atom stereocenters. The predicted molar refractivity (Wildman–Crippen MR) is 124 cm³/mol. The van der Waals surface area contributed by atoms with Gasteiger partial charge in [-0.2, -0.15) is 0 Å². The van der Waals surface area contributed by atoms with Crippen LogP contribution in [0, 0.1) is 33.5 Å². The van der Waals surface area contributed by atoms with Crippen LogP contribution < -0.4 is 0 Å². The fourth-order valence-corrected chi connectivity index (χ4v) is 9.82. The topological polar surface area (TPSA) is 0 Å². The van der Waals surface area contributed by atoms with Crippen molar-refractivity contribution in [1.82, 2.24) is 0 Å². The van der Waals surface area contributed by atoms with Gasteiger partial charge in [-0.25, -0.2) is 0 Å². The molecular formula is C29H44. The van der Waals surface area contributed by atoms with E-state index in [1.54, 1.807) is 11.1 Å². The largest absolute Gasteiger partial charge is 0.0613 e. The zero-order valence-corrected chi connectivity index (χ0v) is 20.0. The highest BCUT2D eigenvalue weighted by atomic mass is 14.7. The highest BCUT2D eigenvalue weighted by Crippen LogP contribution is 2.74. The molecule has 29 heavy (non-hydrogen) atoms. The third kappa shape index (κ3) is 2.56. The van der Waals surface area contributed by atoms with Crippen LogP contribution in [0.25, 0.3) is 0 Å². The summed E-state index contributed by atoms with van der Waals surface area (Å²) in [4.78, 5) is 0. The van der Waals surface area contributed by atoms with Crippen LogP contribution in [-0.4, -0.2) is 0 Å². The lowest BCUT2D eigenvalue weighted by Gasteiger charge is -2.70. The molecule has 0 aliphatic heterocycles. The Morgan fingerprint density at radius 1 is 0.828 bits per heavy atom. The minimum absolute atomic E-state index is 0.478. The van der Waals surface area contributed by atoms with E-state index in [9.17, 15) is 0 Å². The molecule has 3 fully saturated rings. The first-order valence-electron chi connectivity index (χ1n) is 12.8. The molecule has 0 heterocycles. The Labute approximate surface area is 180 Å². The summed E-state index contributed by atoms with van der Waals surface area (Å²) in [7, 11) is 0. The van der Waals surface area contributed by atoms with Crippen molar-refractivity contribution in [3.05, 3.63) is 34.9 Å². The summed E-state index contributed by atoms with van der Waals surface area (Å²) in [6.07, 6.45) is 14.1. The molecule has 4 aliphatic rings. The molecule has 0 bridgehead atoms. The molecular weight excluding hydrogens is 348 g/mol. The standard InChI is InChI=1S/C29H44/c1-7-20-9-10-22-21(19-20)13-17-28(5)23(22)11-12-25-27(4)16-8-15-26(2,3)24(27)14-18-29(25,28)6/h9-10,19,23-25H,7-8,11-18H2,1-6H3/t23-,24+,25-,27+,28-,29-/m1/s1. The quantitative estimate of drug-likeness (QED) is 0.450. The summed E-state index contributed by atoms with van der Waals surface area (Å²) < 4.78 is 0. The molecule has 0 spiro atoms. The summed E-state index contributed by atoms with van der Waals surface area (Å²) in [5.41, 5.74) is 7.04. The molecule has 0 N–H and O–H groups in total. The second-order valence-corrected chi connectivity index (χ2v) is 12.8. The number of hydrogen-bond donors (Lipinski definition) is 0.